The molecule has 0 heterocycles. The molecular formula is C56H65Cl2SiZr. The van der Waals surface area contributed by atoms with Crippen molar-refractivity contribution >= 4 is 35.1 Å². The monoisotopic (exact) mass is 925 g/mol. The zero-order valence-electron chi connectivity index (χ0n) is 36.6. The van der Waals surface area contributed by atoms with Crippen LogP contribution in [0.2, 0.25) is 13.1 Å². The SMILES string of the molecule is Cc1ccc(-c2cccc3c2C=C(CC24CC5CC(CC(C5)C2)C4)[CH]3[Zr]([Cl])([Cl])([CH]2C(CC34CC5CC(CC(C5)C3)C4)=Cc3c(-c4ccc(C)cc4)cccc32)[SiH](C)C)cc1. The first-order chi connectivity index (χ1) is 28.8. The molecule has 8 bridgehead atoms. The second kappa shape index (κ2) is 14.0. The van der Waals surface area contributed by atoms with Crippen LogP contribution in [0.5, 0.6) is 0 Å². The fourth-order valence-electron chi connectivity index (χ4n) is 17.2. The van der Waals surface area contributed by atoms with Gasteiger partial charge in [0.2, 0.25) is 0 Å². The molecule has 0 saturated heterocycles. The second-order valence-corrected chi connectivity index (χ2v) is 65.7. The summed E-state index contributed by atoms with van der Waals surface area (Å²) >= 11 is -5.09. The van der Waals surface area contributed by atoms with Crippen LogP contribution in [0.4, 0.5) is 0 Å². The first kappa shape index (κ1) is 39.6. The Labute approximate surface area is 369 Å². The van der Waals surface area contributed by atoms with E-state index in [2.05, 4.69) is 124 Å². The van der Waals surface area contributed by atoms with Crippen LogP contribution in [0.15, 0.2) is 96.1 Å². The minimum atomic E-state index is -5.09. The molecule has 10 aliphatic rings. The number of fused-ring (bicyclic) bond motifs is 2. The first-order valence-electron chi connectivity index (χ1n) is 24.2. The topological polar surface area (TPSA) is 0 Å². The van der Waals surface area contributed by atoms with E-state index in [-0.39, 0.29) is 7.25 Å². The molecule has 0 spiro atoms. The number of benzene rings is 4. The third-order valence-corrected chi connectivity index (χ3v) is 70.6. The van der Waals surface area contributed by atoms with Gasteiger partial charge in [-0.3, -0.25) is 0 Å². The van der Waals surface area contributed by atoms with E-state index < -0.39 is 21.5 Å². The Kier molecular flexibility index (Phi) is 9.26. The average Bonchev–Trinajstić information content (AvgIpc) is 3.76. The van der Waals surface area contributed by atoms with Crippen LogP contribution in [0.3, 0.4) is 0 Å². The molecule has 2 atom stereocenters. The van der Waals surface area contributed by atoms with Gasteiger partial charge in [0.15, 0.2) is 0 Å². The van der Waals surface area contributed by atoms with Gasteiger partial charge in [0.25, 0.3) is 0 Å². The third kappa shape index (κ3) is 6.16. The summed E-state index contributed by atoms with van der Waals surface area (Å²) in [6.07, 6.45) is 25.2. The molecule has 8 fully saturated rings. The maximum absolute atomic E-state index is 9.35. The predicted octanol–water partition coefficient (Wildman–Crippen LogP) is 16.4. The summed E-state index contributed by atoms with van der Waals surface area (Å²) in [6.45, 7) is 9.61. The van der Waals surface area contributed by atoms with Gasteiger partial charge in [-0.1, -0.05) is 0 Å². The molecule has 4 aromatic carbocycles. The van der Waals surface area contributed by atoms with E-state index in [1.165, 1.54) is 146 Å². The van der Waals surface area contributed by atoms with Gasteiger partial charge in [0.1, 0.15) is 0 Å². The third-order valence-electron chi connectivity index (χ3n) is 18.7. The van der Waals surface area contributed by atoms with Gasteiger partial charge in [-0.05, 0) is 0 Å². The van der Waals surface area contributed by atoms with Crippen molar-refractivity contribution < 1.29 is 15.6 Å². The molecule has 60 heavy (non-hydrogen) atoms. The van der Waals surface area contributed by atoms with Crippen LogP contribution in [0, 0.1) is 60.2 Å². The first-order valence-corrected chi connectivity index (χ1v) is 40.5. The summed E-state index contributed by atoms with van der Waals surface area (Å²) in [4.78, 5) is 0. The molecule has 0 aromatic heterocycles. The molecule has 10 aliphatic carbocycles. The number of rotatable bonds is 9. The van der Waals surface area contributed by atoms with Crippen molar-refractivity contribution in [3.63, 3.8) is 0 Å². The summed E-state index contributed by atoms with van der Waals surface area (Å²) in [6, 6.07) is 33.1. The maximum atomic E-state index is 9.35. The van der Waals surface area contributed by atoms with E-state index in [0.29, 0.717) is 10.8 Å². The summed E-state index contributed by atoms with van der Waals surface area (Å²) < 4.78 is 0.294. The molecule has 2 unspecified atom stereocenters. The normalized spacial score (nSPS) is 35.0. The molecule has 14 rings (SSSR count). The van der Waals surface area contributed by atoms with Crippen molar-refractivity contribution in [1.82, 2.24) is 0 Å². The molecule has 4 heteroatoms. The fraction of sp³-hybridized carbons (Fsp3) is 0.500. The van der Waals surface area contributed by atoms with E-state index in [4.69, 9.17) is 0 Å². The molecule has 8 saturated carbocycles. The van der Waals surface area contributed by atoms with Gasteiger partial charge < -0.3 is 0 Å². The van der Waals surface area contributed by atoms with E-state index in [9.17, 15) is 17.0 Å². The molecule has 0 radical (unpaired) electrons. The number of hydrogen-bond acceptors (Lipinski definition) is 0. The molecule has 4 aromatic rings. The molecule has 0 nitrogen and oxygen atoms in total. The zero-order chi connectivity index (χ0) is 40.8. The van der Waals surface area contributed by atoms with Gasteiger partial charge in [-0.2, -0.15) is 0 Å². The van der Waals surface area contributed by atoms with Gasteiger partial charge in [-0.15, -0.1) is 0 Å². The molecule has 311 valence electrons. The number of hydrogen-bond donors (Lipinski definition) is 0. The van der Waals surface area contributed by atoms with Crippen LogP contribution in [0.25, 0.3) is 34.4 Å². The van der Waals surface area contributed by atoms with Crippen molar-refractivity contribution in [2.24, 2.45) is 46.3 Å². The van der Waals surface area contributed by atoms with E-state index in [0.717, 1.165) is 35.5 Å². The van der Waals surface area contributed by atoms with Crippen molar-refractivity contribution in [3.8, 4) is 22.3 Å². The molecule has 0 aliphatic heterocycles. The molecular weight excluding hydrogens is 863 g/mol. The number of aryl methyl sites for hydroxylation is 2. The Balaban J connectivity index is 1.05. The molecule has 0 N–H and O–H groups in total. The van der Waals surface area contributed by atoms with Crippen molar-refractivity contribution in [1.29, 1.82) is 0 Å². The van der Waals surface area contributed by atoms with Crippen molar-refractivity contribution in [2.45, 2.75) is 124 Å². The van der Waals surface area contributed by atoms with Crippen LogP contribution in [-0.4, -0.2) is 5.92 Å². The quantitative estimate of drug-likeness (QED) is 0.147. The average molecular weight is 928 g/mol. The van der Waals surface area contributed by atoms with Crippen molar-refractivity contribution in [3.05, 3.63) is 129 Å². The van der Waals surface area contributed by atoms with E-state index >= 15 is 0 Å². The van der Waals surface area contributed by atoms with Crippen LogP contribution in [-0.2, 0) is 15.6 Å². The molecule has 0 amide bonds. The zero-order valence-corrected chi connectivity index (χ0v) is 41.7. The van der Waals surface area contributed by atoms with Gasteiger partial charge in [0, 0.05) is 0 Å². The van der Waals surface area contributed by atoms with Crippen LogP contribution in [0.1, 0.15) is 131 Å². The standard InChI is InChI=1S/2C27H29.C2H7Si.2ClH.Zr/c2*1-18-5-7-23(8-6-18)25-4-2-3-24-12-22(13-26(24)25)17-27-14-19-9-20(15-27)11-21(10-19)16-27;1-3-2;;;/h2*2-8,12-13,19-21H,9-11,14-17H2,1H3;3H,1-2H3;2*1H;/q;;;;;+2/p-2. The van der Waals surface area contributed by atoms with E-state index in [1.807, 2.05) is 0 Å². The van der Waals surface area contributed by atoms with Gasteiger partial charge >= 0.3 is 373 Å². The van der Waals surface area contributed by atoms with Crippen molar-refractivity contribution in [2.75, 3.05) is 0 Å². The summed E-state index contributed by atoms with van der Waals surface area (Å²) in [7, 11) is 18.7. The summed E-state index contributed by atoms with van der Waals surface area (Å²) in [5.41, 5.74) is 17.9. The van der Waals surface area contributed by atoms with Crippen LogP contribution < -0.4 is 0 Å². The Morgan fingerprint density at radius 2 is 0.833 bits per heavy atom. The Morgan fingerprint density at radius 1 is 0.500 bits per heavy atom. The van der Waals surface area contributed by atoms with Crippen LogP contribution >= 0.6 is 17.0 Å². The number of allylic oxidation sites excluding steroid dienone is 2. The van der Waals surface area contributed by atoms with Gasteiger partial charge in [-0.25, -0.2) is 0 Å². The van der Waals surface area contributed by atoms with Gasteiger partial charge in [0.05, 0.1) is 0 Å². The van der Waals surface area contributed by atoms with E-state index in [1.54, 1.807) is 11.1 Å². The minimum absolute atomic E-state index is 0.147. The Morgan fingerprint density at radius 3 is 1.15 bits per heavy atom. The second-order valence-electron chi connectivity index (χ2n) is 23.2. The predicted molar refractivity (Wildman–Crippen MR) is 256 cm³/mol. The Bertz CT molecular complexity index is 2220. The summed E-state index contributed by atoms with van der Waals surface area (Å²) in [5, 5.41) is 0. The number of halogens is 2. The fourth-order valence-corrected chi connectivity index (χ4v) is 48.5. The Hall–Kier alpha value is -1.96. The summed E-state index contributed by atoms with van der Waals surface area (Å²) in [5.74, 6) is 3.81.